The van der Waals surface area contributed by atoms with E-state index in [1.54, 1.807) is 0 Å². The minimum absolute atomic E-state index is 0.103. The lowest BCUT2D eigenvalue weighted by Gasteiger charge is -2.19. The Morgan fingerprint density at radius 2 is 1.09 bits per heavy atom. The number of benzene rings is 4. The van der Waals surface area contributed by atoms with E-state index in [0.29, 0.717) is 0 Å². The van der Waals surface area contributed by atoms with Crippen LogP contribution in [0.4, 0.5) is 0 Å². The third-order valence-electron chi connectivity index (χ3n) is 8.66. The lowest BCUT2D eigenvalue weighted by molar-refractivity contribution is 0.590. The fraction of sp³-hybridized carbons (Fsp3) is 0.244. The van der Waals surface area contributed by atoms with E-state index in [9.17, 15) is 0 Å². The summed E-state index contributed by atoms with van der Waals surface area (Å²) in [5.74, 6) is 0. The van der Waals surface area contributed by atoms with Crippen LogP contribution in [0.5, 0.6) is 0 Å². The Hall–Kier alpha value is -4.43. The fourth-order valence-electron chi connectivity index (χ4n) is 5.90. The van der Waals surface area contributed by atoms with Gasteiger partial charge >= 0.3 is 0 Å². The summed E-state index contributed by atoms with van der Waals surface area (Å²) in [5.41, 5.74) is 16.6. The maximum Gasteiger partial charge on any atom is 0.0788 e. The number of aromatic amines is 1. The molecule has 5 aromatic rings. The highest BCUT2D eigenvalue weighted by Crippen LogP contribution is 2.41. The van der Waals surface area contributed by atoms with Crippen molar-refractivity contribution in [1.82, 2.24) is 4.98 Å². The first-order valence-corrected chi connectivity index (χ1v) is 15.3. The number of hydrogen-bond acceptors (Lipinski definition) is 1. The first-order chi connectivity index (χ1) is 20.4. The number of nitrogens with one attached hydrogen (secondary N) is 1. The van der Waals surface area contributed by atoms with Gasteiger partial charge in [0.15, 0.2) is 0 Å². The number of nitrogens with zero attached hydrogens (tertiary/aromatic N) is 1. The topological polar surface area (TPSA) is 28.1 Å². The van der Waals surface area contributed by atoms with Crippen LogP contribution < -0.4 is 0 Å². The quantitative estimate of drug-likeness (QED) is 0.226. The molecule has 0 amide bonds. The van der Waals surface area contributed by atoms with E-state index < -0.39 is 0 Å². The first-order valence-electron chi connectivity index (χ1n) is 15.3. The van der Waals surface area contributed by atoms with Crippen LogP contribution >= 0.6 is 0 Å². The highest BCUT2D eigenvalue weighted by molar-refractivity contribution is 6.22. The number of fused-ring (bicyclic) bond motifs is 1. The molecule has 2 nitrogen and oxygen atoms in total. The second-order valence-electron chi connectivity index (χ2n) is 14.0. The number of aliphatic imine (C=N–C) groups is 1. The van der Waals surface area contributed by atoms with Crippen molar-refractivity contribution in [3.8, 4) is 22.4 Å². The summed E-state index contributed by atoms with van der Waals surface area (Å²) in [6.07, 6.45) is 0. The number of hydrogen-bond donors (Lipinski definition) is 1. The molecule has 0 saturated carbocycles. The van der Waals surface area contributed by atoms with Crippen LogP contribution in [-0.2, 0) is 10.8 Å². The van der Waals surface area contributed by atoms with Crippen molar-refractivity contribution < 1.29 is 0 Å². The van der Waals surface area contributed by atoms with Crippen LogP contribution in [-0.4, -0.2) is 10.7 Å². The van der Waals surface area contributed by atoms with Gasteiger partial charge in [0.25, 0.3) is 0 Å². The zero-order chi connectivity index (χ0) is 30.5. The molecule has 1 aromatic heterocycles. The van der Waals surface area contributed by atoms with Gasteiger partial charge in [0.1, 0.15) is 0 Å². The van der Waals surface area contributed by atoms with Gasteiger partial charge in [-0.15, -0.1) is 0 Å². The van der Waals surface area contributed by atoms with Gasteiger partial charge in [-0.05, 0) is 58.6 Å². The van der Waals surface area contributed by atoms with Crippen molar-refractivity contribution in [2.24, 2.45) is 4.99 Å². The van der Waals surface area contributed by atoms with Gasteiger partial charge in [-0.2, -0.15) is 0 Å². The molecular formula is C41H42N2. The van der Waals surface area contributed by atoms with Crippen molar-refractivity contribution in [3.05, 3.63) is 142 Å². The molecule has 6 rings (SSSR count). The number of H-pyrrole nitrogens is 1. The SMILES string of the molecule is C/C(=C1/N=C(c2ccc(C)cc2)c2ccccc21)c1[nH]c(-c2ccc(C(C)(C)C)cc2)cc1-c1ccc(C(C)(C)C)cc1. The third kappa shape index (κ3) is 5.55. The summed E-state index contributed by atoms with van der Waals surface area (Å²) < 4.78 is 0. The molecule has 2 heterocycles. The minimum Gasteiger partial charge on any atom is -0.354 e. The summed E-state index contributed by atoms with van der Waals surface area (Å²) in [5, 5.41) is 0. The van der Waals surface area contributed by atoms with Crippen LogP contribution in [0.15, 0.2) is 108 Å². The maximum atomic E-state index is 5.31. The van der Waals surface area contributed by atoms with E-state index in [1.165, 1.54) is 44.5 Å². The molecule has 4 aromatic carbocycles. The summed E-state index contributed by atoms with van der Waals surface area (Å²) in [7, 11) is 0. The predicted molar refractivity (Wildman–Crippen MR) is 185 cm³/mol. The van der Waals surface area contributed by atoms with Crippen molar-refractivity contribution in [1.29, 1.82) is 0 Å². The molecule has 0 fully saturated rings. The van der Waals surface area contributed by atoms with E-state index in [2.05, 4.69) is 164 Å². The monoisotopic (exact) mass is 562 g/mol. The highest BCUT2D eigenvalue weighted by Gasteiger charge is 2.25. The van der Waals surface area contributed by atoms with Crippen LogP contribution in [0.2, 0.25) is 0 Å². The zero-order valence-electron chi connectivity index (χ0n) is 26.8. The van der Waals surface area contributed by atoms with Gasteiger partial charge in [-0.3, -0.25) is 0 Å². The smallest absolute Gasteiger partial charge is 0.0788 e. The van der Waals surface area contributed by atoms with E-state index in [0.717, 1.165) is 33.9 Å². The summed E-state index contributed by atoms with van der Waals surface area (Å²) >= 11 is 0. The molecule has 0 aliphatic carbocycles. The van der Waals surface area contributed by atoms with Gasteiger partial charge in [0, 0.05) is 27.9 Å². The van der Waals surface area contributed by atoms with Gasteiger partial charge in [0.2, 0.25) is 0 Å². The Kier molecular flexibility index (Phi) is 7.13. The van der Waals surface area contributed by atoms with Crippen LogP contribution in [0.25, 0.3) is 33.7 Å². The van der Waals surface area contributed by atoms with E-state index in [4.69, 9.17) is 4.99 Å². The summed E-state index contributed by atoms with van der Waals surface area (Å²) in [6.45, 7) is 17.9. The molecule has 1 aliphatic rings. The normalized spacial score (nSPS) is 14.5. The average molecular weight is 563 g/mol. The molecule has 0 radical (unpaired) electrons. The van der Waals surface area contributed by atoms with Crippen molar-refractivity contribution in [2.75, 3.05) is 0 Å². The molecule has 0 saturated heterocycles. The van der Waals surface area contributed by atoms with Crippen molar-refractivity contribution in [3.63, 3.8) is 0 Å². The molecule has 216 valence electrons. The summed E-state index contributed by atoms with van der Waals surface area (Å²) in [6, 6.07) is 37.7. The fourth-order valence-corrected chi connectivity index (χ4v) is 5.90. The molecule has 1 N–H and O–H groups in total. The highest BCUT2D eigenvalue weighted by atomic mass is 14.8. The Balaban J connectivity index is 1.53. The lowest BCUT2D eigenvalue weighted by atomic mass is 9.86. The van der Waals surface area contributed by atoms with E-state index >= 15 is 0 Å². The maximum absolute atomic E-state index is 5.31. The molecule has 43 heavy (non-hydrogen) atoms. The van der Waals surface area contributed by atoms with Crippen molar-refractivity contribution >= 4 is 17.0 Å². The summed E-state index contributed by atoms with van der Waals surface area (Å²) in [4.78, 5) is 9.15. The number of aryl methyl sites for hydroxylation is 1. The zero-order valence-corrected chi connectivity index (χ0v) is 26.8. The third-order valence-corrected chi connectivity index (χ3v) is 8.66. The number of rotatable bonds is 4. The Bertz CT molecular complexity index is 1840. The second kappa shape index (κ2) is 10.7. The van der Waals surface area contributed by atoms with Crippen LogP contribution in [0, 0.1) is 6.92 Å². The number of aromatic nitrogens is 1. The van der Waals surface area contributed by atoms with Crippen LogP contribution in [0.3, 0.4) is 0 Å². The van der Waals surface area contributed by atoms with Gasteiger partial charge in [-0.1, -0.05) is 144 Å². The van der Waals surface area contributed by atoms with Gasteiger partial charge in [0.05, 0.1) is 17.1 Å². The predicted octanol–water partition coefficient (Wildman–Crippen LogP) is 11.0. The largest absolute Gasteiger partial charge is 0.354 e. The standard InChI is InChI=1S/C41H42N2/c1-26-13-15-30(16-14-26)39-34-12-10-9-11-33(34)37(43-39)27(2)38-35(28-17-21-31(22-18-28)40(3,4)5)25-36(42-38)29-19-23-32(24-20-29)41(6,7)8/h9-25,42H,1-8H3/b37-27-. The average Bonchev–Trinajstić information content (AvgIpc) is 3.60. The molecule has 0 atom stereocenters. The molecule has 0 unspecified atom stereocenters. The lowest BCUT2D eigenvalue weighted by Crippen LogP contribution is -2.10. The van der Waals surface area contributed by atoms with Gasteiger partial charge < -0.3 is 4.98 Å². The Labute approximate surface area is 257 Å². The number of allylic oxidation sites excluding steroid dienone is 1. The molecule has 0 bridgehead atoms. The molecule has 0 spiro atoms. The first kappa shape index (κ1) is 28.7. The van der Waals surface area contributed by atoms with E-state index in [1.807, 2.05) is 0 Å². The van der Waals surface area contributed by atoms with E-state index in [-0.39, 0.29) is 10.8 Å². The van der Waals surface area contributed by atoms with Gasteiger partial charge in [-0.25, -0.2) is 4.99 Å². The van der Waals surface area contributed by atoms with Crippen LogP contribution in [0.1, 0.15) is 87.5 Å². The molecular weight excluding hydrogens is 520 g/mol. The van der Waals surface area contributed by atoms with Crippen molar-refractivity contribution in [2.45, 2.75) is 66.2 Å². The minimum atomic E-state index is 0.103. The Morgan fingerprint density at radius 1 is 0.581 bits per heavy atom. The second-order valence-corrected chi connectivity index (χ2v) is 14.0. The molecule has 1 aliphatic heterocycles. The molecule has 2 heteroatoms. The Morgan fingerprint density at radius 3 is 1.65 bits per heavy atom.